The SMILES string of the molecule is CCNC(=NCc1ccccc1CN1CCOCC1)NCc1c(C)nn(C)c1C. The van der Waals surface area contributed by atoms with E-state index in [0.717, 1.165) is 51.0 Å². The van der Waals surface area contributed by atoms with Crippen molar-refractivity contribution in [3.63, 3.8) is 0 Å². The van der Waals surface area contributed by atoms with Crippen molar-refractivity contribution >= 4 is 5.96 Å². The lowest BCUT2D eigenvalue weighted by molar-refractivity contribution is 0.0341. The van der Waals surface area contributed by atoms with Crippen LogP contribution in [0.1, 0.15) is 35.0 Å². The number of ether oxygens (including phenoxy) is 1. The molecule has 1 aromatic carbocycles. The lowest BCUT2D eigenvalue weighted by atomic mass is 10.1. The van der Waals surface area contributed by atoms with Gasteiger partial charge in [-0.05, 0) is 31.9 Å². The van der Waals surface area contributed by atoms with Crippen LogP contribution >= 0.6 is 0 Å². The maximum Gasteiger partial charge on any atom is 0.191 e. The third-order valence-corrected chi connectivity index (χ3v) is 5.46. The zero-order valence-corrected chi connectivity index (χ0v) is 18.2. The summed E-state index contributed by atoms with van der Waals surface area (Å²) in [7, 11) is 1.98. The van der Waals surface area contributed by atoms with E-state index in [1.54, 1.807) is 0 Å². The molecule has 1 aliphatic rings. The van der Waals surface area contributed by atoms with Gasteiger partial charge in [-0.3, -0.25) is 9.58 Å². The summed E-state index contributed by atoms with van der Waals surface area (Å²) in [6, 6.07) is 8.60. The van der Waals surface area contributed by atoms with Gasteiger partial charge in [0, 0.05) is 51.0 Å². The maximum atomic E-state index is 5.47. The van der Waals surface area contributed by atoms with E-state index in [1.165, 1.54) is 22.4 Å². The Morgan fingerprint density at radius 1 is 1.14 bits per heavy atom. The van der Waals surface area contributed by atoms with Crippen LogP contribution in [0.25, 0.3) is 0 Å². The first-order chi connectivity index (χ1) is 14.1. The molecule has 3 rings (SSSR count). The van der Waals surface area contributed by atoms with Gasteiger partial charge in [0.25, 0.3) is 0 Å². The van der Waals surface area contributed by atoms with E-state index < -0.39 is 0 Å². The van der Waals surface area contributed by atoms with Gasteiger partial charge in [-0.2, -0.15) is 5.10 Å². The highest BCUT2D eigenvalue weighted by Gasteiger charge is 2.13. The first-order valence-corrected chi connectivity index (χ1v) is 10.5. The molecule has 1 fully saturated rings. The summed E-state index contributed by atoms with van der Waals surface area (Å²) >= 11 is 0. The van der Waals surface area contributed by atoms with Crippen molar-refractivity contribution in [2.75, 3.05) is 32.8 Å². The number of nitrogens with zero attached hydrogens (tertiary/aromatic N) is 4. The molecule has 1 saturated heterocycles. The lowest BCUT2D eigenvalue weighted by Crippen LogP contribution is -2.37. The Kier molecular flexibility index (Phi) is 7.66. The van der Waals surface area contributed by atoms with Gasteiger partial charge < -0.3 is 15.4 Å². The highest BCUT2D eigenvalue weighted by molar-refractivity contribution is 5.79. The largest absolute Gasteiger partial charge is 0.379 e. The molecule has 1 aliphatic heterocycles. The molecule has 0 saturated carbocycles. The highest BCUT2D eigenvalue weighted by Crippen LogP contribution is 2.14. The minimum Gasteiger partial charge on any atom is -0.379 e. The van der Waals surface area contributed by atoms with Gasteiger partial charge in [-0.15, -0.1) is 0 Å². The number of aliphatic imine (C=N–C) groups is 1. The first-order valence-electron chi connectivity index (χ1n) is 10.5. The molecule has 0 bridgehead atoms. The van der Waals surface area contributed by atoms with Crippen molar-refractivity contribution in [3.05, 3.63) is 52.3 Å². The Hall–Kier alpha value is -2.38. The van der Waals surface area contributed by atoms with Crippen molar-refractivity contribution in [1.29, 1.82) is 0 Å². The number of hydrogen-bond donors (Lipinski definition) is 2. The van der Waals surface area contributed by atoms with Crippen molar-refractivity contribution in [3.8, 4) is 0 Å². The number of nitrogens with one attached hydrogen (secondary N) is 2. The van der Waals surface area contributed by atoms with E-state index in [0.29, 0.717) is 13.1 Å². The molecule has 2 aromatic rings. The van der Waals surface area contributed by atoms with Gasteiger partial charge in [0.05, 0.1) is 25.5 Å². The zero-order valence-electron chi connectivity index (χ0n) is 18.2. The number of guanidine groups is 1. The van der Waals surface area contributed by atoms with Gasteiger partial charge in [-0.1, -0.05) is 24.3 Å². The van der Waals surface area contributed by atoms with Crippen LogP contribution in [-0.4, -0.2) is 53.5 Å². The Labute approximate surface area is 174 Å². The van der Waals surface area contributed by atoms with Crippen molar-refractivity contribution < 1.29 is 4.74 Å². The quantitative estimate of drug-likeness (QED) is 0.552. The summed E-state index contributed by atoms with van der Waals surface area (Å²) in [5.74, 6) is 0.830. The summed E-state index contributed by atoms with van der Waals surface area (Å²) in [6.07, 6.45) is 0. The summed E-state index contributed by atoms with van der Waals surface area (Å²) < 4.78 is 7.40. The second-order valence-electron chi connectivity index (χ2n) is 7.48. The fourth-order valence-corrected chi connectivity index (χ4v) is 3.62. The van der Waals surface area contributed by atoms with E-state index in [2.05, 4.69) is 65.7 Å². The van der Waals surface area contributed by atoms with Crippen LogP contribution in [0, 0.1) is 13.8 Å². The molecule has 7 heteroatoms. The summed E-state index contributed by atoms with van der Waals surface area (Å²) in [5.41, 5.74) is 6.08. The molecule has 2 N–H and O–H groups in total. The van der Waals surface area contributed by atoms with Gasteiger partial charge in [-0.25, -0.2) is 4.99 Å². The predicted octanol–water partition coefficient (Wildman–Crippen LogP) is 2.12. The molecular weight excluding hydrogens is 364 g/mol. The molecule has 0 spiro atoms. The fraction of sp³-hybridized carbons (Fsp3) is 0.545. The third kappa shape index (κ3) is 5.81. The van der Waals surface area contributed by atoms with Crippen LogP contribution in [0.15, 0.2) is 29.3 Å². The van der Waals surface area contributed by atoms with E-state index in [4.69, 9.17) is 9.73 Å². The monoisotopic (exact) mass is 398 g/mol. The smallest absolute Gasteiger partial charge is 0.191 e. The minimum atomic E-state index is 0.654. The highest BCUT2D eigenvalue weighted by atomic mass is 16.5. The minimum absolute atomic E-state index is 0.654. The normalized spacial score (nSPS) is 15.5. The van der Waals surface area contributed by atoms with Gasteiger partial charge in [0.1, 0.15) is 0 Å². The number of aromatic nitrogens is 2. The topological polar surface area (TPSA) is 66.7 Å². The molecular formula is C22H34N6O. The summed E-state index contributed by atoms with van der Waals surface area (Å²) in [6.45, 7) is 13.0. The Balaban J connectivity index is 1.66. The van der Waals surface area contributed by atoms with Crippen LogP contribution in [0.4, 0.5) is 0 Å². The summed E-state index contributed by atoms with van der Waals surface area (Å²) in [5, 5.41) is 11.3. The molecule has 1 aromatic heterocycles. The Morgan fingerprint density at radius 2 is 1.86 bits per heavy atom. The molecule has 0 atom stereocenters. The Bertz CT molecular complexity index is 823. The van der Waals surface area contributed by atoms with Crippen molar-refractivity contribution in [1.82, 2.24) is 25.3 Å². The van der Waals surface area contributed by atoms with E-state index in [-0.39, 0.29) is 0 Å². The number of aryl methyl sites for hydroxylation is 2. The number of rotatable bonds is 7. The zero-order chi connectivity index (χ0) is 20.6. The molecule has 0 unspecified atom stereocenters. The molecule has 0 amide bonds. The third-order valence-electron chi connectivity index (χ3n) is 5.46. The molecule has 2 heterocycles. The second-order valence-corrected chi connectivity index (χ2v) is 7.48. The molecule has 0 aliphatic carbocycles. The number of hydrogen-bond acceptors (Lipinski definition) is 4. The average molecular weight is 399 g/mol. The standard InChI is InChI=1S/C22H34N6O/c1-5-23-22(25-15-21-17(2)26-27(4)18(21)3)24-14-19-8-6-7-9-20(19)16-28-10-12-29-13-11-28/h6-9H,5,10-16H2,1-4H3,(H2,23,24,25). The Morgan fingerprint density at radius 3 is 2.52 bits per heavy atom. The van der Waals surface area contributed by atoms with Crippen molar-refractivity contribution in [2.45, 2.75) is 40.4 Å². The average Bonchev–Trinajstić information content (AvgIpc) is 2.97. The molecule has 29 heavy (non-hydrogen) atoms. The molecule has 0 radical (unpaired) electrons. The van der Waals surface area contributed by atoms with Gasteiger partial charge >= 0.3 is 0 Å². The van der Waals surface area contributed by atoms with Crippen molar-refractivity contribution in [2.24, 2.45) is 12.0 Å². The van der Waals surface area contributed by atoms with Gasteiger partial charge in [0.15, 0.2) is 5.96 Å². The first kappa shape index (κ1) is 21.3. The van der Waals surface area contributed by atoms with Crippen LogP contribution in [-0.2, 0) is 31.4 Å². The van der Waals surface area contributed by atoms with E-state index in [9.17, 15) is 0 Å². The van der Waals surface area contributed by atoms with Crippen LogP contribution in [0.2, 0.25) is 0 Å². The number of benzene rings is 1. The molecule has 7 nitrogen and oxygen atoms in total. The maximum absolute atomic E-state index is 5.47. The van der Waals surface area contributed by atoms with Crippen LogP contribution < -0.4 is 10.6 Å². The predicted molar refractivity (Wildman–Crippen MR) is 117 cm³/mol. The van der Waals surface area contributed by atoms with E-state index in [1.807, 2.05) is 11.7 Å². The van der Waals surface area contributed by atoms with Crippen LogP contribution in [0.3, 0.4) is 0 Å². The van der Waals surface area contributed by atoms with Gasteiger partial charge in [0.2, 0.25) is 0 Å². The molecule has 158 valence electrons. The van der Waals surface area contributed by atoms with Crippen LogP contribution in [0.5, 0.6) is 0 Å². The lowest BCUT2D eigenvalue weighted by Gasteiger charge is -2.27. The van der Waals surface area contributed by atoms with E-state index >= 15 is 0 Å². The number of morpholine rings is 1. The summed E-state index contributed by atoms with van der Waals surface area (Å²) in [4.78, 5) is 7.29. The second kappa shape index (κ2) is 10.4. The fourth-order valence-electron chi connectivity index (χ4n) is 3.62.